The van der Waals surface area contributed by atoms with Gasteiger partial charge in [-0.05, 0) is 27.7 Å². The molecule has 5 heteroatoms. The maximum Gasteiger partial charge on any atom is 0.239 e. The van der Waals surface area contributed by atoms with Crippen LogP contribution in [0.3, 0.4) is 0 Å². The van der Waals surface area contributed by atoms with E-state index in [-0.39, 0.29) is 0 Å². The fraction of sp³-hybridized carbons (Fsp3) is 0.778. The lowest BCUT2D eigenvalue weighted by Crippen LogP contribution is -2.23. The van der Waals surface area contributed by atoms with Crippen LogP contribution >= 0.6 is 11.5 Å². The van der Waals surface area contributed by atoms with Gasteiger partial charge >= 0.3 is 0 Å². The first-order valence-electron chi connectivity index (χ1n) is 5.02. The van der Waals surface area contributed by atoms with Gasteiger partial charge < -0.3 is 10.2 Å². The van der Waals surface area contributed by atoms with Crippen molar-refractivity contribution in [3.63, 3.8) is 0 Å². The topological polar surface area (TPSA) is 41.1 Å². The molecular formula is C9H18N4S. The van der Waals surface area contributed by atoms with E-state index in [1.165, 1.54) is 11.5 Å². The Morgan fingerprint density at radius 3 is 2.50 bits per heavy atom. The maximum atomic E-state index is 4.41. The fourth-order valence-corrected chi connectivity index (χ4v) is 1.89. The summed E-state index contributed by atoms with van der Waals surface area (Å²) in [6.45, 7) is 10.3. The molecule has 1 aromatic rings. The lowest BCUT2D eigenvalue weighted by Gasteiger charge is -2.15. The summed E-state index contributed by atoms with van der Waals surface area (Å²) in [7, 11) is 0. The predicted octanol–water partition coefficient (Wildman–Crippen LogP) is 2.20. The molecule has 0 radical (unpaired) electrons. The monoisotopic (exact) mass is 214 g/mol. The van der Waals surface area contributed by atoms with Crippen molar-refractivity contribution in [1.29, 1.82) is 0 Å². The maximum absolute atomic E-state index is 4.41. The van der Waals surface area contributed by atoms with Gasteiger partial charge in [0.15, 0.2) is 0 Å². The molecule has 14 heavy (non-hydrogen) atoms. The van der Waals surface area contributed by atoms with E-state index in [2.05, 4.69) is 47.3 Å². The Morgan fingerprint density at radius 1 is 1.36 bits per heavy atom. The molecule has 0 spiro atoms. The lowest BCUT2D eigenvalue weighted by molar-refractivity contribution is 0.832. The highest BCUT2D eigenvalue weighted by Gasteiger charge is 2.09. The Labute approximate surface area is 89.5 Å². The van der Waals surface area contributed by atoms with Gasteiger partial charge in [0.25, 0.3) is 0 Å². The Kier molecular flexibility index (Phi) is 4.13. The third-order valence-electron chi connectivity index (χ3n) is 1.87. The minimum atomic E-state index is 0.410. The first-order valence-corrected chi connectivity index (χ1v) is 5.79. The zero-order valence-electron chi connectivity index (χ0n) is 9.24. The van der Waals surface area contributed by atoms with Crippen molar-refractivity contribution in [3.05, 3.63) is 0 Å². The molecule has 0 atom stereocenters. The van der Waals surface area contributed by atoms with Crippen molar-refractivity contribution in [2.24, 2.45) is 0 Å². The predicted molar refractivity (Wildman–Crippen MR) is 62.2 cm³/mol. The highest BCUT2D eigenvalue weighted by molar-refractivity contribution is 7.09. The van der Waals surface area contributed by atoms with Crippen LogP contribution in [0.4, 0.5) is 11.1 Å². The molecular weight excluding hydrogens is 196 g/mol. The van der Waals surface area contributed by atoms with Crippen LogP contribution in [0.5, 0.6) is 0 Å². The fourth-order valence-electron chi connectivity index (χ4n) is 1.16. The van der Waals surface area contributed by atoms with Crippen LogP contribution in [0, 0.1) is 0 Å². The molecule has 0 aromatic carbocycles. The zero-order valence-corrected chi connectivity index (χ0v) is 10.1. The third kappa shape index (κ3) is 2.83. The molecule has 0 amide bonds. The van der Waals surface area contributed by atoms with E-state index in [4.69, 9.17) is 0 Å². The first-order chi connectivity index (χ1) is 6.67. The highest BCUT2D eigenvalue weighted by Crippen LogP contribution is 2.18. The van der Waals surface area contributed by atoms with Crippen molar-refractivity contribution in [2.45, 2.75) is 33.7 Å². The summed E-state index contributed by atoms with van der Waals surface area (Å²) in [5.74, 6) is 0.836. The standard InChI is InChI=1S/C9H18N4S/c1-5-13(6-2)8-11-9(14-12-8)10-7(3)4/h7H,5-6H2,1-4H3,(H,10,11,12). The van der Waals surface area contributed by atoms with Gasteiger partial charge in [-0.25, -0.2) is 0 Å². The second kappa shape index (κ2) is 5.14. The van der Waals surface area contributed by atoms with Crippen molar-refractivity contribution in [3.8, 4) is 0 Å². The molecule has 4 nitrogen and oxygen atoms in total. The van der Waals surface area contributed by atoms with E-state index in [1.807, 2.05) is 0 Å². The Morgan fingerprint density at radius 2 is 2.00 bits per heavy atom. The quantitative estimate of drug-likeness (QED) is 0.816. The number of nitrogens with zero attached hydrogens (tertiary/aromatic N) is 3. The molecule has 1 aromatic heterocycles. The molecule has 0 aliphatic rings. The number of nitrogens with one attached hydrogen (secondary N) is 1. The van der Waals surface area contributed by atoms with E-state index in [1.54, 1.807) is 0 Å². The highest BCUT2D eigenvalue weighted by atomic mass is 32.1. The van der Waals surface area contributed by atoms with Crippen molar-refractivity contribution in [1.82, 2.24) is 9.36 Å². The minimum Gasteiger partial charge on any atom is -0.358 e. The summed E-state index contributed by atoms with van der Waals surface area (Å²) in [4.78, 5) is 6.56. The van der Waals surface area contributed by atoms with Crippen LogP contribution in [0.15, 0.2) is 0 Å². The smallest absolute Gasteiger partial charge is 0.239 e. The molecule has 0 aliphatic carbocycles. The summed E-state index contributed by atoms with van der Waals surface area (Å²) in [5.41, 5.74) is 0. The van der Waals surface area contributed by atoms with Gasteiger partial charge in [0.05, 0.1) is 0 Å². The molecule has 80 valence electrons. The molecule has 0 fully saturated rings. The Balaban J connectivity index is 2.66. The largest absolute Gasteiger partial charge is 0.358 e. The molecule has 0 saturated heterocycles. The molecule has 1 N–H and O–H groups in total. The summed E-state index contributed by atoms with van der Waals surface area (Å²) in [6, 6.07) is 0.410. The van der Waals surface area contributed by atoms with Gasteiger partial charge in [-0.15, -0.1) is 0 Å². The van der Waals surface area contributed by atoms with Crippen LogP contribution in [-0.2, 0) is 0 Å². The molecule has 1 rings (SSSR count). The summed E-state index contributed by atoms with van der Waals surface area (Å²) >= 11 is 1.42. The first kappa shape index (κ1) is 11.2. The number of hydrogen-bond acceptors (Lipinski definition) is 5. The lowest BCUT2D eigenvalue weighted by atomic mass is 10.4. The van der Waals surface area contributed by atoms with Crippen molar-refractivity contribution < 1.29 is 0 Å². The van der Waals surface area contributed by atoms with Crippen LogP contribution in [0.2, 0.25) is 0 Å². The molecule has 0 unspecified atom stereocenters. The number of hydrogen-bond donors (Lipinski definition) is 1. The van der Waals surface area contributed by atoms with Gasteiger partial charge in [-0.3, -0.25) is 0 Å². The molecule has 0 saturated carbocycles. The number of anilines is 2. The van der Waals surface area contributed by atoms with Gasteiger partial charge in [0.2, 0.25) is 11.1 Å². The van der Waals surface area contributed by atoms with Crippen LogP contribution in [0.1, 0.15) is 27.7 Å². The van der Waals surface area contributed by atoms with Gasteiger partial charge in [0.1, 0.15) is 0 Å². The average molecular weight is 214 g/mol. The van der Waals surface area contributed by atoms with Crippen molar-refractivity contribution in [2.75, 3.05) is 23.3 Å². The van der Waals surface area contributed by atoms with E-state index in [9.17, 15) is 0 Å². The second-order valence-corrected chi connectivity index (χ2v) is 4.12. The van der Waals surface area contributed by atoms with Crippen LogP contribution < -0.4 is 10.2 Å². The van der Waals surface area contributed by atoms with Gasteiger partial charge in [0, 0.05) is 30.7 Å². The van der Waals surface area contributed by atoms with Gasteiger partial charge in [-0.1, -0.05) is 0 Å². The summed E-state index contributed by atoms with van der Waals surface area (Å²) in [6.07, 6.45) is 0. The third-order valence-corrected chi connectivity index (χ3v) is 2.51. The van der Waals surface area contributed by atoms with Crippen molar-refractivity contribution >= 4 is 22.6 Å². The molecule has 0 aliphatic heterocycles. The van der Waals surface area contributed by atoms with E-state index in [0.717, 1.165) is 24.2 Å². The molecule has 1 heterocycles. The Bertz CT molecular complexity index is 268. The van der Waals surface area contributed by atoms with E-state index >= 15 is 0 Å². The summed E-state index contributed by atoms with van der Waals surface area (Å²) in [5, 5.41) is 4.15. The second-order valence-electron chi connectivity index (χ2n) is 3.37. The van der Waals surface area contributed by atoms with Gasteiger partial charge in [-0.2, -0.15) is 9.36 Å². The normalized spacial score (nSPS) is 10.6. The summed E-state index contributed by atoms with van der Waals surface area (Å²) < 4.78 is 4.31. The SMILES string of the molecule is CCN(CC)c1nsc(NC(C)C)n1. The van der Waals surface area contributed by atoms with Crippen LogP contribution in [0.25, 0.3) is 0 Å². The van der Waals surface area contributed by atoms with E-state index < -0.39 is 0 Å². The van der Waals surface area contributed by atoms with E-state index in [0.29, 0.717) is 6.04 Å². The zero-order chi connectivity index (χ0) is 10.6. The molecule has 0 bridgehead atoms. The van der Waals surface area contributed by atoms with Crippen LogP contribution in [-0.4, -0.2) is 28.5 Å². The average Bonchev–Trinajstić information content (AvgIpc) is 2.54. The minimum absolute atomic E-state index is 0.410. The number of rotatable bonds is 5. The number of aromatic nitrogens is 2. The Hall–Kier alpha value is -0.840.